The first-order valence-corrected chi connectivity index (χ1v) is 4.68. The maximum absolute atomic E-state index is 5.22. The first-order valence-electron chi connectivity index (χ1n) is 3.87. The van der Waals surface area contributed by atoms with Crippen LogP contribution in [-0.4, -0.2) is 12.1 Å². The van der Waals surface area contributed by atoms with Gasteiger partial charge in [-0.1, -0.05) is 12.1 Å². The summed E-state index contributed by atoms with van der Waals surface area (Å²) < 4.78 is 5.22. The number of benzene rings is 1. The highest BCUT2D eigenvalue weighted by molar-refractivity contribution is 7.12. The predicted octanol–water partition coefficient (Wildman–Crippen LogP) is 2.62. The lowest BCUT2D eigenvalue weighted by molar-refractivity contribution is 0.416. The summed E-state index contributed by atoms with van der Waals surface area (Å²) in [6.07, 6.45) is 1.67. The maximum Gasteiger partial charge on any atom is 0.129 e. The third-order valence-corrected chi connectivity index (χ3v) is 2.47. The molecule has 1 aromatic carbocycles. The van der Waals surface area contributed by atoms with E-state index in [0.29, 0.717) is 0 Å². The van der Waals surface area contributed by atoms with Crippen molar-refractivity contribution in [3.8, 4) is 16.3 Å². The van der Waals surface area contributed by atoms with Gasteiger partial charge in [-0.2, -0.15) is 0 Å². The van der Waals surface area contributed by atoms with E-state index in [9.17, 15) is 0 Å². The molecule has 0 saturated heterocycles. The molecule has 0 atom stereocenters. The summed E-state index contributed by atoms with van der Waals surface area (Å²) >= 11 is 1.49. The van der Waals surface area contributed by atoms with Crippen LogP contribution in [0.25, 0.3) is 10.6 Å². The molecular weight excluding hydrogens is 182 g/mol. The normalized spacial score (nSPS) is 9.92. The molecule has 2 rings (SSSR count). The largest absolute Gasteiger partial charge is 0.496 e. The Labute approximate surface area is 80.8 Å². The van der Waals surface area contributed by atoms with Crippen LogP contribution < -0.4 is 4.74 Å². The number of para-hydroxylation sites is 1. The molecule has 0 bridgehead atoms. The number of aromatic nitrogens is 1. The van der Waals surface area contributed by atoms with Gasteiger partial charge in [0.1, 0.15) is 10.8 Å². The van der Waals surface area contributed by atoms with Crippen molar-refractivity contribution in [1.82, 2.24) is 4.98 Å². The van der Waals surface area contributed by atoms with E-state index in [0.717, 1.165) is 16.3 Å². The molecule has 0 aliphatic carbocycles. The smallest absolute Gasteiger partial charge is 0.129 e. The van der Waals surface area contributed by atoms with E-state index in [4.69, 9.17) is 4.74 Å². The van der Waals surface area contributed by atoms with Crippen molar-refractivity contribution in [1.29, 1.82) is 0 Å². The second kappa shape index (κ2) is 3.58. The number of ether oxygens (including phenoxy) is 1. The lowest BCUT2D eigenvalue weighted by atomic mass is 10.2. The van der Waals surface area contributed by atoms with Gasteiger partial charge >= 0.3 is 0 Å². The standard InChI is InChI=1S/C10H8NOS/c1-12-9-5-3-2-4-8(9)10-11-6-7-13-10/h2-6H,1H3. The van der Waals surface area contributed by atoms with Crippen molar-refractivity contribution in [3.05, 3.63) is 35.8 Å². The molecule has 0 spiro atoms. The number of thiazole rings is 1. The molecular formula is C10H8NOS. The van der Waals surface area contributed by atoms with Crippen LogP contribution >= 0.6 is 11.3 Å². The number of hydrogen-bond acceptors (Lipinski definition) is 3. The lowest BCUT2D eigenvalue weighted by Crippen LogP contribution is -1.85. The Balaban J connectivity index is 2.51. The average molecular weight is 190 g/mol. The van der Waals surface area contributed by atoms with Gasteiger partial charge in [-0.15, -0.1) is 11.3 Å². The predicted molar refractivity (Wildman–Crippen MR) is 52.9 cm³/mol. The summed E-state index contributed by atoms with van der Waals surface area (Å²) in [7, 11) is 1.66. The van der Waals surface area contributed by atoms with Crippen molar-refractivity contribution >= 4 is 11.3 Å². The van der Waals surface area contributed by atoms with E-state index in [2.05, 4.69) is 10.4 Å². The van der Waals surface area contributed by atoms with Crippen LogP contribution in [0.5, 0.6) is 5.75 Å². The van der Waals surface area contributed by atoms with Gasteiger partial charge in [0, 0.05) is 6.20 Å². The minimum Gasteiger partial charge on any atom is -0.496 e. The minimum absolute atomic E-state index is 0.853. The van der Waals surface area contributed by atoms with Crippen molar-refractivity contribution in [2.75, 3.05) is 7.11 Å². The molecule has 0 fully saturated rings. The van der Waals surface area contributed by atoms with Crippen LogP contribution in [0.1, 0.15) is 0 Å². The van der Waals surface area contributed by atoms with Gasteiger partial charge in [-0.3, -0.25) is 0 Å². The minimum atomic E-state index is 0.853. The molecule has 0 unspecified atom stereocenters. The van der Waals surface area contributed by atoms with E-state index in [1.807, 2.05) is 24.3 Å². The average Bonchev–Trinajstić information content (AvgIpc) is 2.70. The molecule has 3 heteroatoms. The Kier molecular flexibility index (Phi) is 2.27. The quantitative estimate of drug-likeness (QED) is 0.726. The van der Waals surface area contributed by atoms with E-state index >= 15 is 0 Å². The van der Waals surface area contributed by atoms with Crippen LogP contribution in [-0.2, 0) is 0 Å². The maximum atomic E-state index is 5.22. The Bertz CT molecular complexity index is 384. The first kappa shape index (κ1) is 8.26. The van der Waals surface area contributed by atoms with Crippen molar-refractivity contribution < 1.29 is 4.74 Å². The highest BCUT2D eigenvalue weighted by Gasteiger charge is 2.05. The number of hydrogen-bond donors (Lipinski definition) is 0. The van der Waals surface area contributed by atoms with E-state index < -0.39 is 0 Å². The van der Waals surface area contributed by atoms with E-state index in [1.165, 1.54) is 11.3 Å². The summed E-state index contributed by atoms with van der Waals surface area (Å²) in [4.78, 5) is 4.18. The van der Waals surface area contributed by atoms with Crippen molar-refractivity contribution in [2.45, 2.75) is 0 Å². The second-order valence-corrected chi connectivity index (χ2v) is 3.31. The van der Waals surface area contributed by atoms with Gasteiger partial charge in [0.25, 0.3) is 0 Å². The van der Waals surface area contributed by atoms with Gasteiger partial charge in [0.2, 0.25) is 0 Å². The zero-order chi connectivity index (χ0) is 9.10. The van der Waals surface area contributed by atoms with Crippen LogP contribution in [0.2, 0.25) is 0 Å². The number of nitrogens with zero attached hydrogens (tertiary/aromatic N) is 1. The van der Waals surface area contributed by atoms with Gasteiger partial charge < -0.3 is 4.74 Å². The van der Waals surface area contributed by atoms with E-state index in [1.54, 1.807) is 13.3 Å². The fourth-order valence-electron chi connectivity index (χ4n) is 1.14. The number of methoxy groups -OCH3 is 1. The van der Waals surface area contributed by atoms with Crippen LogP contribution in [0.3, 0.4) is 0 Å². The fraction of sp³-hybridized carbons (Fsp3) is 0.100. The molecule has 2 nitrogen and oxygen atoms in total. The summed E-state index contributed by atoms with van der Waals surface area (Å²) in [5.41, 5.74) is 1.02. The summed E-state index contributed by atoms with van der Waals surface area (Å²) in [5.74, 6) is 0.853. The highest BCUT2D eigenvalue weighted by Crippen LogP contribution is 2.30. The molecule has 0 aliphatic rings. The highest BCUT2D eigenvalue weighted by atomic mass is 32.1. The Hall–Kier alpha value is -1.35. The monoisotopic (exact) mass is 190 g/mol. The topological polar surface area (TPSA) is 22.1 Å². The third-order valence-electron chi connectivity index (χ3n) is 1.73. The summed E-state index contributed by atoms with van der Waals surface area (Å²) in [5, 5.41) is 3.90. The molecule has 0 aliphatic heterocycles. The first-order chi connectivity index (χ1) is 6.42. The molecule has 1 aromatic heterocycles. The van der Waals surface area contributed by atoms with Crippen molar-refractivity contribution in [3.63, 3.8) is 0 Å². The molecule has 0 amide bonds. The molecule has 1 radical (unpaired) electrons. The number of rotatable bonds is 2. The van der Waals surface area contributed by atoms with Gasteiger partial charge in [-0.25, -0.2) is 4.98 Å². The Morgan fingerprint density at radius 3 is 2.92 bits per heavy atom. The molecule has 2 aromatic rings. The third kappa shape index (κ3) is 1.55. The van der Waals surface area contributed by atoms with Crippen LogP contribution in [0.15, 0.2) is 30.5 Å². The Morgan fingerprint density at radius 2 is 2.23 bits per heavy atom. The second-order valence-electron chi connectivity index (χ2n) is 2.48. The molecule has 1 heterocycles. The summed E-state index contributed by atoms with van der Waals surface area (Å²) in [6, 6.07) is 7.83. The molecule has 13 heavy (non-hydrogen) atoms. The molecule has 0 saturated carbocycles. The van der Waals surface area contributed by atoms with Gasteiger partial charge in [0.15, 0.2) is 0 Å². The SMILES string of the molecule is COc1ccccc1-c1nc[c]s1. The van der Waals surface area contributed by atoms with Crippen LogP contribution in [0, 0.1) is 5.38 Å². The van der Waals surface area contributed by atoms with Gasteiger partial charge in [0.05, 0.1) is 18.1 Å². The van der Waals surface area contributed by atoms with E-state index in [-0.39, 0.29) is 0 Å². The lowest BCUT2D eigenvalue weighted by Gasteiger charge is -2.03. The summed E-state index contributed by atoms with van der Waals surface area (Å²) in [6.45, 7) is 0. The Morgan fingerprint density at radius 1 is 1.38 bits per heavy atom. The zero-order valence-corrected chi connectivity index (χ0v) is 7.97. The molecule has 65 valence electrons. The zero-order valence-electron chi connectivity index (χ0n) is 7.15. The molecule has 0 N–H and O–H groups in total. The van der Waals surface area contributed by atoms with Crippen LogP contribution in [0.4, 0.5) is 0 Å². The van der Waals surface area contributed by atoms with Crippen molar-refractivity contribution in [2.24, 2.45) is 0 Å². The fourth-order valence-corrected chi connectivity index (χ4v) is 1.74. The van der Waals surface area contributed by atoms with Gasteiger partial charge in [-0.05, 0) is 12.1 Å².